The lowest BCUT2D eigenvalue weighted by Gasteiger charge is -1.98. The number of carbonyl (C=O) groups excluding carboxylic acids is 1. The van der Waals surface area contributed by atoms with Crippen molar-refractivity contribution in [3.05, 3.63) is 30.1 Å². The van der Waals surface area contributed by atoms with Crippen LogP contribution < -0.4 is 0 Å². The fraction of sp³-hybridized carbons (Fsp3) is 0.200. The van der Waals surface area contributed by atoms with Gasteiger partial charge in [0.15, 0.2) is 0 Å². The lowest BCUT2D eigenvalue weighted by molar-refractivity contribution is -0.111. The number of benzene rings is 1. The third-order valence-corrected chi connectivity index (χ3v) is 2.27. The number of aryl methyl sites for hydroxylation is 1. The Bertz CT molecular complexity index is 490. The second kappa shape index (κ2) is 3.42. The fourth-order valence-electron chi connectivity index (χ4n) is 1.44. The quantitative estimate of drug-likeness (QED) is 0.707. The largest absolute Gasteiger partial charge is 0.334 e. The van der Waals surface area contributed by atoms with Crippen LogP contribution in [0.15, 0.2) is 24.5 Å². The summed E-state index contributed by atoms with van der Waals surface area (Å²) < 4.78 is 1.91. The van der Waals surface area contributed by atoms with Gasteiger partial charge in [0.1, 0.15) is 0 Å². The minimum Gasteiger partial charge on any atom is -0.334 e. The van der Waals surface area contributed by atoms with Crippen molar-refractivity contribution in [1.29, 1.82) is 0 Å². The van der Waals surface area contributed by atoms with E-state index in [0.717, 1.165) is 16.6 Å². The molecule has 1 aromatic heterocycles. The van der Waals surface area contributed by atoms with Crippen LogP contribution in [-0.4, -0.2) is 14.8 Å². The van der Waals surface area contributed by atoms with Crippen LogP contribution in [0.4, 0.5) is 0 Å². The molecule has 0 fully saturated rings. The maximum atomic E-state index is 10.7. The molecule has 0 N–H and O–H groups in total. The summed E-state index contributed by atoms with van der Waals surface area (Å²) in [6, 6.07) is 5.70. The zero-order chi connectivity index (χ0) is 10.1. The van der Waals surface area contributed by atoms with Crippen LogP contribution in [0.1, 0.15) is 5.56 Å². The summed E-state index contributed by atoms with van der Waals surface area (Å²) in [6.45, 7) is 0. The maximum absolute atomic E-state index is 10.7. The fourth-order valence-corrected chi connectivity index (χ4v) is 1.60. The first-order valence-corrected chi connectivity index (χ1v) is 4.63. The number of aromatic nitrogens is 2. The van der Waals surface area contributed by atoms with E-state index >= 15 is 0 Å². The Kier molecular flexibility index (Phi) is 2.25. The Labute approximate surface area is 86.3 Å². The van der Waals surface area contributed by atoms with Gasteiger partial charge in [-0.3, -0.25) is 4.79 Å². The summed E-state index contributed by atoms with van der Waals surface area (Å²) in [7, 11) is 1.92. The lowest BCUT2D eigenvalue weighted by Crippen LogP contribution is -1.93. The predicted molar refractivity (Wildman–Crippen MR) is 55.3 cm³/mol. The summed E-state index contributed by atoms with van der Waals surface area (Å²) in [5.74, 6) is 0. The molecule has 1 heterocycles. The molecular weight excluding hydrogens is 200 g/mol. The summed E-state index contributed by atoms with van der Waals surface area (Å²) in [5.41, 5.74) is 2.86. The van der Waals surface area contributed by atoms with Crippen LogP contribution in [0.2, 0.25) is 0 Å². The molecule has 2 rings (SSSR count). The Morgan fingerprint density at radius 3 is 3.07 bits per heavy atom. The molecule has 3 nitrogen and oxygen atoms in total. The first-order valence-electron chi connectivity index (χ1n) is 4.25. The van der Waals surface area contributed by atoms with Crippen molar-refractivity contribution < 1.29 is 4.79 Å². The van der Waals surface area contributed by atoms with Crippen molar-refractivity contribution in [1.82, 2.24) is 9.55 Å². The number of nitrogens with zero attached hydrogens (tertiary/aromatic N) is 2. The highest BCUT2D eigenvalue weighted by Crippen LogP contribution is 2.14. The van der Waals surface area contributed by atoms with E-state index in [2.05, 4.69) is 4.98 Å². The normalized spacial score (nSPS) is 10.7. The third kappa shape index (κ3) is 1.63. The molecule has 2 aromatic rings. The van der Waals surface area contributed by atoms with Gasteiger partial charge < -0.3 is 4.57 Å². The third-order valence-electron chi connectivity index (χ3n) is 2.13. The Morgan fingerprint density at radius 1 is 1.57 bits per heavy atom. The molecule has 14 heavy (non-hydrogen) atoms. The van der Waals surface area contributed by atoms with Crippen molar-refractivity contribution in [2.24, 2.45) is 7.05 Å². The Hall–Kier alpha value is -1.35. The highest BCUT2D eigenvalue weighted by Gasteiger charge is 2.03. The van der Waals surface area contributed by atoms with Gasteiger partial charge in [-0.05, 0) is 29.3 Å². The number of imidazole rings is 1. The van der Waals surface area contributed by atoms with E-state index in [1.54, 1.807) is 6.33 Å². The van der Waals surface area contributed by atoms with Crippen LogP contribution in [0.3, 0.4) is 0 Å². The van der Waals surface area contributed by atoms with Gasteiger partial charge in [0.2, 0.25) is 5.24 Å². The first kappa shape index (κ1) is 9.21. The zero-order valence-corrected chi connectivity index (χ0v) is 8.45. The van der Waals surface area contributed by atoms with E-state index < -0.39 is 0 Å². The zero-order valence-electron chi connectivity index (χ0n) is 7.70. The van der Waals surface area contributed by atoms with Gasteiger partial charge >= 0.3 is 0 Å². The molecule has 1 aromatic carbocycles. The number of fused-ring (bicyclic) bond motifs is 1. The standard InChI is InChI=1S/C10H9ClN2O/c1-13-6-12-8-3-2-7(4-9(8)13)5-10(11)14/h2-4,6H,5H2,1H3. The van der Waals surface area contributed by atoms with Crippen molar-refractivity contribution in [2.45, 2.75) is 6.42 Å². The minimum absolute atomic E-state index is 0.267. The summed E-state index contributed by atoms with van der Waals surface area (Å²) in [4.78, 5) is 14.9. The molecule has 4 heteroatoms. The van der Waals surface area contributed by atoms with E-state index in [1.807, 2.05) is 29.8 Å². The number of hydrogen-bond donors (Lipinski definition) is 0. The number of carbonyl (C=O) groups is 1. The van der Waals surface area contributed by atoms with Crippen LogP contribution in [0.5, 0.6) is 0 Å². The average molecular weight is 209 g/mol. The van der Waals surface area contributed by atoms with Gasteiger partial charge in [0.25, 0.3) is 0 Å². The molecule has 0 bridgehead atoms. The predicted octanol–water partition coefficient (Wildman–Crippen LogP) is 1.88. The molecule has 0 unspecified atom stereocenters. The van der Waals surface area contributed by atoms with E-state index in [4.69, 9.17) is 11.6 Å². The monoisotopic (exact) mass is 208 g/mol. The van der Waals surface area contributed by atoms with Crippen molar-refractivity contribution in [2.75, 3.05) is 0 Å². The molecule has 0 amide bonds. The van der Waals surface area contributed by atoms with E-state index in [0.29, 0.717) is 0 Å². The van der Waals surface area contributed by atoms with Crippen molar-refractivity contribution in [3.8, 4) is 0 Å². The van der Waals surface area contributed by atoms with Crippen LogP contribution >= 0.6 is 11.6 Å². The van der Waals surface area contributed by atoms with Gasteiger partial charge in [-0.25, -0.2) is 4.98 Å². The van der Waals surface area contributed by atoms with Gasteiger partial charge in [-0.1, -0.05) is 6.07 Å². The number of halogens is 1. The molecule has 0 aliphatic rings. The molecule has 0 spiro atoms. The minimum atomic E-state index is -0.341. The van der Waals surface area contributed by atoms with E-state index in [1.165, 1.54) is 0 Å². The Balaban J connectivity index is 2.49. The summed E-state index contributed by atoms with van der Waals surface area (Å²) in [6.07, 6.45) is 2.01. The topological polar surface area (TPSA) is 34.9 Å². The lowest BCUT2D eigenvalue weighted by atomic mass is 10.1. The maximum Gasteiger partial charge on any atom is 0.226 e. The molecule has 0 saturated carbocycles. The van der Waals surface area contributed by atoms with Crippen molar-refractivity contribution >= 4 is 27.9 Å². The highest BCUT2D eigenvalue weighted by atomic mass is 35.5. The van der Waals surface area contributed by atoms with Crippen LogP contribution in [-0.2, 0) is 18.3 Å². The van der Waals surface area contributed by atoms with Crippen LogP contribution in [0, 0.1) is 0 Å². The number of hydrogen-bond acceptors (Lipinski definition) is 2. The second-order valence-electron chi connectivity index (χ2n) is 3.21. The molecule has 0 aliphatic carbocycles. The molecule has 0 aliphatic heterocycles. The molecule has 0 atom stereocenters. The summed E-state index contributed by atoms with van der Waals surface area (Å²) in [5, 5.41) is -0.341. The van der Waals surface area contributed by atoms with Crippen LogP contribution in [0.25, 0.3) is 11.0 Å². The highest BCUT2D eigenvalue weighted by molar-refractivity contribution is 6.63. The van der Waals surface area contributed by atoms with E-state index in [9.17, 15) is 4.79 Å². The summed E-state index contributed by atoms with van der Waals surface area (Å²) >= 11 is 5.32. The van der Waals surface area contributed by atoms with Gasteiger partial charge in [0.05, 0.1) is 17.4 Å². The Morgan fingerprint density at radius 2 is 2.36 bits per heavy atom. The van der Waals surface area contributed by atoms with Gasteiger partial charge in [-0.15, -0.1) is 0 Å². The van der Waals surface area contributed by atoms with E-state index in [-0.39, 0.29) is 11.7 Å². The van der Waals surface area contributed by atoms with Gasteiger partial charge in [-0.2, -0.15) is 0 Å². The van der Waals surface area contributed by atoms with Gasteiger partial charge in [0, 0.05) is 13.5 Å². The smallest absolute Gasteiger partial charge is 0.226 e. The van der Waals surface area contributed by atoms with Crippen molar-refractivity contribution in [3.63, 3.8) is 0 Å². The SMILES string of the molecule is Cn1cnc2ccc(CC(=O)Cl)cc21. The molecule has 0 radical (unpaired) electrons. The molecular formula is C10H9ClN2O. The second-order valence-corrected chi connectivity index (χ2v) is 3.63. The number of rotatable bonds is 2. The molecule has 0 saturated heterocycles. The molecule has 72 valence electrons. The average Bonchev–Trinajstić information content (AvgIpc) is 2.47. The first-order chi connectivity index (χ1) is 6.66.